The quantitative estimate of drug-likeness (QED) is 0.0261. The lowest BCUT2D eigenvalue weighted by atomic mass is 10.0. The van der Waals surface area contributed by atoms with Crippen LogP contribution in [0.15, 0.2) is 97.2 Å². The maximum Gasteiger partial charge on any atom is 0.306 e. The van der Waals surface area contributed by atoms with Gasteiger partial charge in [0.15, 0.2) is 6.10 Å². The molecule has 0 spiro atoms. The number of esters is 3. The molecule has 6 nitrogen and oxygen atoms in total. The molecule has 472 valence electrons. The van der Waals surface area contributed by atoms with E-state index < -0.39 is 6.10 Å². The minimum absolute atomic E-state index is 0.0812. The van der Waals surface area contributed by atoms with Crippen molar-refractivity contribution < 1.29 is 28.6 Å². The molecule has 0 heterocycles. The van der Waals surface area contributed by atoms with Crippen molar-refractivity contribution in [2.45, 2.75) is 354 Å². The predicted octanol–water partition coefficient (Wildman–Crippen LogP) is 24.4. The van der Waals surface area contributed by atoms with Crippen LogP contribution in [0.1, 0.15) is 348 Å². The topological polar surface area (TPSA) is 78.9 Å². The number of carbonyl (C=O) groups is 3. The molecule has 6 heteroatoms. The van der Waals surface area contributed by atoms with Gasteiger partial charge in [-0.25, -0.2) is 0 Å². The Morgan fingerprint density at radius 3 is 0.756 bits per heavy atom. The van der Waals surface area contributed by atoms with Crippen molar-refractivity contribution in [2.24, 2.45) is 0 Å². The number of carbonyl (C=O) groups excluding carboxylic acids is 3. The van der Waals surface area contributed by atoms with E-state index in [1.165, 1.54) is 205 Å². The van der Waals surface area contributed by atoms with Gasteiger partial charge in [-0.15, -0.1) is 0 Å². The van der Waals surface area contributed by atoms with Crippen molar-refractivity contribution in [3.05, 3.63) is 97.2 Å². The van der Waals surface area contributed by atoms with Crippen molar-refractivity contribution in [2.75, 3.05) is 13.2 Å². The van der Waals surface area contributed by atoms with Gasteiger partial charge in [0.25, 0.3) is 0 Å². The summed E-state index contributed by atoms with van der Waals surface area (Å²) in [7, 11) is 0. The minimum Gasteiger partial charge on any atom is -0.462 e. The second-order valence-electron chi connectivity index (χ2n) is 23.4. The molecule has 0 aliphatic rings. The summed E-state index contributed by atoms with van der Waals surface area (Å²) in [6.07, 6.45) is 94.2. The van der Waals surface area contributed by atoms with Gasteiger partial charge < -0.3 is 14.2 Å². The molecule has 0 amide bonds. The highest BCUT2D eigenvalue weighted by Crippen LogP contribution is 2.17. The van der Waals surface area contributed by atoms with E-state index in [9.17, 15) is 14.4 Å². The lowest BCUT2D eigenvalue weighted by Gasteiger charge is -2.18. The summed E-state index contributed by atoms with van der Waals surface area (Å²) in [4.78, 5) is 38.5. The van der Waals surface area contributed by atoms with Gasteiger partial charge in [0.05, 0.1) is 0 Å². The van der Waals surface area contributed by atoms with E-state index in [1.807, 2.05) is 0 Å². The molecule has 0 aromatic rings. The van der Waals surface area contributed by atoms with Gasteiger partial charge in [-0.05, 0) is 122 Å². The van der Waals surface area contributed by atoms with Crippen LogP contribution in [0.2, 0.25) is 0 Å². The molecule has 0 aromatic heterocycles. The second kappa shape index (κ2) is 69.8. The van der Waals surface area contributed by atoms with Gasteiger partial charge in [0.2, 0.25) is 0 Å². The summed E-state index contributed by atoms with van der Waals surface area (Å²) in [6, 6.07) is 0. The second-order valence-corrected chi connectivity index (χ2v) is 23.4. The fourth-order valence-corrected chi connectivity index (χ4v) is 10.0. The van der Waals surface area contributed by atoms with Crippen LogP contribution in [0, 0.1) is 0 Å². The standard InChI is InChI=1S/C76H132O6/c1-4-7-10-13-16-19-22-25-28-31-34-36-37-38-39-41-42-45-48-51-54-57-60-63-66-69-75(78)81-72-73(71-80-74(77)68-65-62-59-56-53-50-47-44-33-30-27-24-21-18-15-12-9-6-3)82-76(79)70-67-64-61-58-55-52-49-46-43-40-35-32-29-26-23-20-17-14-11-8-5-2/h7,10,16,19,21,23-26,28,30,32-36,73H,4-6,8-9,11-15,17-18,20,22,27,29,31,37-72H2,1-3H3/b10-7-,19-16-,24-21-,26-23-,28-25-,33-30-,35-32-,36-34-. The number of unbranched alkanes of at least 4 members (excludes halogenated alkanes) is 37. The molecule has 0 bridgehead atoms. The van der Waals surface area contributed by atoms with Gasteiger partial charge in [0, 0.05) is 19.3 Å². The third kappa shape index (κ3) is 67.1. The zero-order chi connectivity index (χ0) is 59.2. The van der Waals surface area contributed by atoms with Gasteiger partial charge >= 0.3 is 17.9 Å². The Bertz CT molecular complexity index is 1590. The van der Waals surface area contributed by atoms with Crippen LogP contribution in [-0.2, 0) is 28.6 Å². The molecule has 0 N–H and O–H groups in total. The van der Waals surface area contributed by atoms with Crippen LogP contribution in [0.5, 0.6) is 0 Å². The van der Waals surface area contributed by atoms with Crippen molar-refractivity contribution in [3.8, 4) is 0 Å². The molecule has 0 aliphatic heterocycles. The molecule has 0 aliphatic carbocycles. The number of hydrogen-bond acceptors (Lipinski definition) is 6. The fraction of sp³-hybridized carbons (Fsp3) is 0.750. The Balaban J connectivity index is 4.37. The Kier molecular flexibility index (Phi) is 66.7. The van der Waals surface area contributed by atoms with Crippen molar-refractivity contribution in [3.63, 3.8) is 0 Å². The summed E-state index contributed by atoms with van der Waals surface area (Å²) >= 11 is 0. The lowest BCUT2D eigenvalue weighted by molar-refractivity contribution is -0.167. The average molecular weight is 1140 g/mol. The molecule has 0 fully saturated rings. The van der Waals surface area contributed by atoms with Crippen molar-refractivity contribution >= 4 is 17.9 Å². The Labute approximate surface area is 508 Å². The van der Waals surface area contributed by atoms with Gasteiger partial charge in [-0.2, -0.15) is 0 Å². The van der Waals surface area contributed by atoms with E-state index in [1.54, 1.807) is 0 Å². The minimum atomic E-state index is -0.787. The first-order valence-corrected chi connectivity index (χ1v) is 35.2. The summed E-state index contributed by atoms with van der Waals surface area (Å²) in [5, 5.41) is 0. The van der Waals surface area contributed by atoms with E-state index in [-0.39, 0.29) is 31.1 Å². The first kappa shape index (κ1) is 78.3. The van der Waals surface area contributed by atoms with Crippen LogP contribution in [0.25, 0.3) is 0 Å². The predicted molar refractivity (Wildman–Crippen MR) is 357 cm³/mol. The van der Waals surface area contributed by atoms with Crippen LogP contribution in [-0.4, -0.2) is 37.2 Å². The van der Waals surface area contributed by atoms with Gasteiger partial charge in [0.1, 0.15) is 13.2 Å². The molecule has 1 atom stereocenters. The Morgan fingerprint density at radius 2 is 0.476 bits per heavy atom. The largest absolute Gasteiger partial charge is 0.462 e. The highest BCUT2D eigenvalue weighted by atomic mass is 16.6. The summed E-state index contributed by atoms with van der Waals surface area (Å²) in [5.41, 5.74) is 0. The number of rotatable bonds is 64. The number of allylic oxidation sites excluding steroid dienone is 16. The summed E-state index contributed by atoms with van der Waals surface area (Å²) in [6.45, 7) is 6.53. The first-order valence-electron chi connectivity index (χ1n) is 35.2. The third-order valence-electron chi connectivity index (χ3n) is 15.3. The zero-order valence-corrected chi connectivity index (χ0v) is 54.2. The van der Waals surface area contributed by atoms with Crippen molar-refractivity contribution in [1.82, 2.24) is 0 Å². The Morgan fingerprint density at radius 1 is 0.256 bits per heavy atom. The molecule has 0 saturated carbocycles. The smallest absolute Gasteiger partial charge is 0.306 e. The molecule has 1 unspecified atom stereocenters. The highest BCUT2D eigenvalue weighted by molar-refractivity contribution is 5.71. The van der Waals surface area contributed by atoms with Gasteiger partial charge in [-0.1, -0.05) is 304 Å². The lowest BCUT2D eigenvalue weighted by Crippen LogP contribution is -2.30. The molecule has 0 radical (unpaired) electrons. The van der Waals surface area contributed by atoms with Crippen LogP contribution >= 0.6 is 0 Å². The first-order chi connectivity index (χ1) is 40.5. The van der Waals surface area contributed by atoms with Crippen LogP contribution in [0.4, 0.5) is 0 Å². The van der Waals surface area contributed by atoms with E-state index in [0.29, 0.717) is 19.3 Å². The van der Waals surface area contributed by atoms with Crippen LogP contribution in [0.3, 0.4) is 0 Å². The zero-order valence-electron chi connectivity index (χ0n) is 54.2. The number of hydrogen-bond donors (Lipinski definition) is 0. The SMILES string of the molecule is CC/C=C\C/C=C\C/C=C\C/C=C\CCCCCCCCCCCCCCC(=O)OCC(COC(=O)CCCCCCCCC/C=C\C/C=C\CCCCCC)OC(=O)CCCCCCCCCCC/C=C\C/C=C\CCCCCCC. The fourth-order valence-electron chi connectivity index (χ4n) is 10.0. The third-order valence-corrected chi connectivity index (χ3v) is 15.3. The maximum atomic E-state index is 13.0. The van der Waals surface area contributed by atoms with E-state index >= 15 is 0 Å². The van der Waals surface area contributed by atoms with E-state index in [0.717, 1.165) is 103 Å². The maximum absolute atomic E-state index is 13.0. The molecular formula is C76H132O6. The monoisotopic (exact) mass is 1140 g/mol. The molecule has 0 rings (SSSR count). The molecule has 0 saturated heterocycles. The van der Waals surface area contributed by atoms with Gasteiger partial charge in [-0.3, -0.25) is 14.4 Å². The summed E-state index contributed by atoms with van der Waals surface area (Å²) < 4.78 is 17.0. The average Bonchev–Trinajstić information content (AvgIpc) is 3.47. The molecule has 0 aromatic carbocycles. The normalized spacial score (nSPS) is 12.7. The van der Waals surface area contributed by atoms with E-state index in [4.69, 9.17) is 14.2 Å². The Hall–Kier alpha value is -3.67. The van der Waals surface area contributed by atoms with Crippen LogP contribution < -0.4 is 0 Å². The summed E-state index contributed by atoms with van der Waals surface area (Å²) in [5.74, 6) is -0.879. The van der Waals surface area contributed by atoms with Crippen molar-refractivity contribution in [1.29, 1.82) is 0 Å². The highest BCUT2D eigenvalue weighted by Gasteiger charge is 2.19. The molecule has 82 heavy (non-hydrogen) atoms. The van der Waals surface area contributed by atoms with E-state index in [2.05, 4.69) is 118 Å². The molecular weight excluding hydrogens is 1010 g/mol. The number of ether oxygens (including phenoxy) is 3.